The summed E-state index contributed by atoms with van der Waals surface area (Å²) < 4.78 is 10.7. The molecule has 32 heavy (non-hydrogen) atoms. The van der Waals surface area contributed by atoms with Gasteiger partial charge in [0.25, 0.3) is 5.91 Å². The molecule has 1 saturated heterocycles. The summed E-state index contributed by atoms with van der Waals surface area (Å²) in [6.07, 6.45) is 0.819. The number of nitrogens with one attached hydrogen (secondary N) is 1. The van der Waals surface area contributed by atoms with Crippen LogP contribution in [0.1, 0.15) is 26.9 Å². The number of rotatable bonds is 6. The molecule has 6 nitrogen and oxygen atoms in total. The van der Waals surface area contributed by atoms with Gasteiger partial charge in [0, 0.05) is 23.9 Å². The molecule has 0 saturated carbocycles. The quantitative estimate of drug-likeness (QED) is 0.605. The highest BCUT2D eigenvalue weighted by Gasteiger charge is 2.32. The molecular formula is C25H22N2O4S. The van der Waals surface area contributed by atoms with Crippen LogP contribution >= 0.6 is 11.8 Å². The van der Waals surface area contributed by atoms with E-state index in [-0.39, 0.29) is 24.0 Å². The molecule has 1 atom stereocenters. The van der Waals surface area contributed by atoms with E-state index in [0.29, 0.717) is 35.0 Å². The van der Waals surface area contributed by atoms with Gasteiger partial charge in [-0.2, -0.15) is 0 Å². The zero-order chi connectivity index (χ0) is 21.9. The van der Waals surface area contributed by atoms with Crippen molar-refractivity contribution >= 4 is 29.3 Å². The maximum absolute atomic E-state index is 12.7. The van der Waals surface area contributed by atoms with Gasteiger partial charge in [-0.1, -0.05) is 42.5 Å². The minimum Gasteiger partial charge on any atom is -0.454 e. The SMILES string of the molecule is O=C(Nc1ccc2c(c1)OCO2)c1ccc([C@@H]2SCC(=O)N2CCc2ccccc2)cc1. The van der Waals surface area contributed by atoms with Gasteiger partial charge in [0.1, 0.15) is 5.37 Å². The summed E-state index contributed by atoms with van der Waals surface area (Å²) in [4.78, 5) is 27.1. The van der Waals surface area contributed by atoms with Crippen LogP contribution in [-0.4, -0.2) is 35.8 Å². The second-order valence-electron chi connectivity index (χ2n) is 7.63. The molecule has 1 fully saturated rings. The van der Waals surface area contributed by atoms with E-state index in [1.165, 1.54) is 5.56 Å². The van der Waals surface area contributed by atoms with Crippen LogP contribution in [0.15, 0.2) is 72.8 Å². The number of fused-ring (bicyclic) bond motifs is 1. The van der Waals surface area contributed by atoms with Crippen LogP contribution in [0, 0.1) is 0 Å². The minimum atomic E-state index is -0.202. The summed E-state index contributed by atoms with van der Waals surface area (Å²) in [5.74, 6) is 1.72. The molecule has 0 spiro atoms. The van der Waals surface area contributed by atoms with Gasteiger partial charge in [-0.25, -0.2) is 0 Å². The van der Waals surface area contributed by atoms with E-state index in [4.69, 9.17) is 9.47 Å². The lowest BCUT2D eigenvalue weighted by molar-refractivity contribution is -0.128. The monoisotopic (exact) mass is 446 g/mol. The van der Waals surface area contributed by atoms with Gasteiger partial charge >= 0.3 is 0 Å². The van der Waals surface area contributed by atoms with E-state index in [1.54, 1.807) is 42.1 Å². The van der Waals surface area contributed by atoms with Crippen LogP contribution in [0.25, 0.3) is 0 Å². The number of nitrogens with zero attached hydrogens (tertiary/aromatic N) is 1. The van der Waals surface area contributed by atoms with Crippen molar-refractivity contribution in [3.63, 3.8) is 0 Å². The third kappa shape index (κ3) is 4.29. The first-order valence-corrected chi connectivity index (χ1v) is 11.5. The highest BCUT2D eigenvalue weighted by atomic mass is 32.2. The first-order valence-electron chi connectivity index (χ1n) is 10.4. The molecule has 0 unspecified atom stereocenters. The van der Waals surface area contributed by atoms with Gasteiger partial charge in [-0.15, -0.1) is 11.8 Å². The number of thioether (sulfide) groups is 1. The number of benzene rings is 3. The predicted octanol–water partition coefficient (Wildman–Crippen LogP) is 4.48. The first kappa shape index (κ1) is 20.5. The molecule has 3 aromatic rings. The fourth-order valence-electron chi connectivity index (χ4n) is 3.84. The molecule has 0 radical (unpaired) electrons. The Morgan fingerprint density at radius 1 is 1.00 bits per heavy atom. The Hall–Kier alpha value is -3.45. The van der Waals surface area contributed by atoms with Crippen molar-refractivity contribution in [2.24, 2.45) is 0 Å². The largest absolute Gasteiger partial charge is 0.454 e. The van der Waals surface area contributed by atoms with E-state index in [1.807, 2.05) is 35.2 Å². The molecular weight excluding hydrogens is 424 g/mol. The van der Waals surface area contributed by atoms with E-state index < -0.39 is 0 Å². The fraction of sp³-hybridized carbons (Fsp3) is 0.200. The van der Waals surface area contributed by atoms with Crippen molar-refractivity contribution in [3.05, 3.63) is 89.5 Å². The summed E-state index contributed by atoms with van der Waals surface area (Å²) in [5, 5.41) is 2.86. The molecule has 162 valence electrons. The van der Waals surface area contributed by atoms with Gasteiger partial charge in [0.15, 0.2) is 11.5 Å². The van der Waals surface area contributed by atoms with Crippen molar-refractivity contribution < 1.29 is 19.1 Å². The molecule has 0 aliphatic carbocycles. The van der Waals surface area contributed by atoms with Gasteiger partial charge in [-0.3, -0.25) is 9.59 Å². The molecule has 3 aromatic carbocycles. The maximum atomic E-state index is 12.7. The van der Waals surface area contributed by atoms with Crippen molar-refractivity contribution in [1.82, 2.24) is 4.90 Å². The van der Waals surface area contributed by atoms with Crippen LogP contribution in [0.2, 0.25) is 0 Å². The topological polar surface area (TPSA) is 67.9 Å². The fourth-order valence-corrected chi connectivity index (χ4v) is 5.06. The molecule has 0 aromatic heterocycles. The molecule has 2 aliphatic heterocycles. The van der Waals surface area contributed by atoms with Crippen LogP contribution in [0.4, 0.5) is 5.69 Å². The number of anilines is 1. The Labute approximate surface area is 190 Å². The summed E-state index contributed by atoms with van der Waals surface area (Å²) in [6, 6.07) is 23.0. The highest BCUT2D eigenvalue weighted by Crippen LogP contribution is 2.39. The number of carbonyl (C=O) groups is 2. The summed E-state index contributed by atoms with van der Waals surface area (Å²) in [6.45, 7) is 0.866. The molecule has 2 amide bonds. The Morgan fingerprint density at radius 3 is 2.59 bits per heavy atom. The van der Waals surface area contributed by atoms with Gasteiger partial charge < -0.3 is 19.7 Å². The van der Waals surface area contributed by atoms with Crippen LogP contribution in [-0.2, 0) is 11.2 Å². The Balaban J connectivity index is 1.25. The van der Waals surface area contributed by atoms with Gasteiger partial charge in [0.05, 0.1) is 5.75 Å². The lowest BCUT2D eigenvalue weighted by Gasteiger charge is -2.24. The third-order valence-corrected chi connectivity index (χ3v) is 6.80. The molecule has 5 rings (SSSR count). The Bertz CT molecular complexity index is 1130. The zero-order valence-corrected chi connectivity index (χ0v) is 18.1. The third-order valence-electron chi connectivity index (χ3n) is 5.54. The van der Waals surface area contributed by atoms with Crippen LogP contribution in [0.5, 0.6) is 11.5 Å². The lowest BCUT2D eigenvalue weighted by atomic mass is 10.1. The number of hydrogen-bond acceptors (Lipinski definition) is 5. The first-order chi connectivity index (χ1) is 15.7. The van der Waals surface area contributed by atoms with Crippen molar-refractivity contribution in [2.75, 3.05) is 24.4 Å². The van der Waals surface area contributed by atoms with Crippen LogP contribution in [0.3, 0.4) is 0 Å². The van der Waals surface area contributed by atoms with Crippen molar-refractivity contribution in [1.29, 1.82) is 0 Å². The second-order valence-corrected chi connectivity index (χ2v) is 8.70. The van der Waals surface area contributed by atoms with E-state index in [9.17, 15) is 9.59 Å². The minimum absolute atomic E-state index is 0.0304. The van der Waals surface area contributed by atoms with Crippen molar-refractivity contribution in [2.45, 2.75) is 11.8 Å². The maximum Gasteiger partial charge on any atom is 0.255 e. The molecule has 7 heteroatoms. The predicted molar refractivity (Wildman–Crippen MR) is 124 cm³/mol. The molecule has 2 aliphatic rings. The number of hydrogen-bond donors (Lipinski definition) is 1. The lowest BCUT2D eigenvalue weighted by Crippen LogP contribution is -2.30. The number of amides is 2. The van der Waals surface area contributed by atoms with Crippen molar-refractivity contribution in [3.8, 4) is 11.5 Å². The Morgan fingerprint density at radius 2 is 1.78 bits per heavy atom. The highest BCUT2D eigenvalue weighted by molar-refractivity contribution is 8.00. The zero-order valence-electron chi connectivity index (χ0n) is 17.3. The average molecular weight is 447 g/mol. The standard InChI is InChI=1S/C25H22N2O4S/c28-23-15-32-25(27(23)13-12-17-4-2-1-3-5-17)19-8-6-18(7-9-19)24(29)26-20-10-11-21-22(14-20)31-16-30-21/h1-11,14,25H,12-13,15-16H2,(H,26,29)/t25-/m0/s1. The van der Waals surface area contributed by atoms with Crippen LogP contribution < -0.4 is 14.8 Å². The summed E-state index contributed by atoms with van der Waals surface area (Å²) >= 11 is 1.63. The normalized spacial score (nSPS) is 16.9. The smallest absolute Gasteiger partial charge is 0.255 e. The van der Waals surface area contributed by atoms with Gasteiger partial charge in [-0.05, 0) is 41.8 Å². The summed E-state index contributed by atoms with van der Waals surface area (Å²) in [7, 11) is 0. The second kappa shape index (κ2) is 8.96. The number of carbonyl (C=O) groups excluding carboxylic acids is 2. The Kier molecular flexibility index (Phi) is 5.73. The summed E-state index contributed by atoms with van der Waals surface area (Å²) in [5.41, 5.74) is 3.43. The number of ether oxygens (including phenoxy) is 2. The molecule has 0 bridgehead atoms. The van der Waals surface area contributed by atoms with E-state index in [0.717, 1.165) is 12.0 Å². The van der Waals surface area contributed by atoms with E-state index in [2.05, 4.69) is 17.4 Å². The molecule has 2 heterocycles. The van der Waals surface area contributed by atoms with Gasteiger partial charge in [0.2, 0.25) is 12.7 Å². The van der Waals surface area contributed by atoms with E-state index >= 15 is 0 Å². The average Bonchev–Trinajstić information content (AvgIpc) is 3.44. The molecule has 1 N–H and O–H groups in total.